The smallest absolute Gasteiger partial charge is 0.312 e. The summed E-state index contributed by atoms with van der Waals surface area (Å²) in [7, 11) is 1.62. The quantitative estimate of drug-likeness (QED) is 0.621. The first-order valence-electron chi connectivity index (χ1n) is 8.94. The van der Waals surface area contributed by atoms with Crippen LogP contribution in [0.25, 0.3) is 16.9 Å². The van der Waals surface area contributed by atoms with Gasteiger partial charge in [-0.25, -0.2) is 4.68 Å². The van der Waals surface area contributed by atoms with Crippen LogP contribution in [0.3, 0.4) is 0 Å². The Morgan fingerprint density at radius 1 is 1.21 bits per heavy atom. The summed E-state index contributed by atoms with van der Waals surface area (Å²) in [5, 5.41) is 15.4. The summed E-state index contributed by atoms with van der Waals surface area (Å²) in [5.41, 5.74) is 4.00. The number of benzene rings is 2. The fourth-order valence-electron chi connectivity index (χ4n) is 3.73. The second-order valence-corrected chi connectivity index (χ2v) is 7.58. The normalized spacial score (nSPS) is 15.9. The Kier molecular flexibility index (Phi) is 5.04. The average molecular weight is 417 g/mol. The van der Waals surface area contributed by atoms with Crippen molar-refractivity contribution in [3.05, 3.63) is 63.8 Å². The molecule has 1 heterocycles. The van der Waals surface area contributed by atoms with E-state index < -0.39 is 11.9 Å². The lowest BCUT2D eigenvalue weighted by Gasteiger charge is -2.18. The van der Waals surface area contributed by atoms with Crippen molar-refractivity contribution in [2.45, 2.75) is 25.2 Å². The molecule has 1 aliphatic carbocycles. The minimum absolute atomic E-state index is 0.453. The van der Waals surface area contributed by atoms with E-state index in [2.05, 4.69) is 0 Å². The molecule has 0 fully saturated rings. The Labute approximate surface area is 172 Å². The molecule has 0 radical (unpaired) electrons. The van der Waals surface area contributed by atoms with E-state index in [1.807, 2.05) is 24.3 Å². The topological polar surface area (TPSA) is 64.4 Å². The molecule has 0 saturated carbocycles. The second kappa shape index (κ2) is 7.49. The van der Waals surface area contributed by atoms with E-state index in [0.717, 1.165) is 35.4 Å². The number of hydrogen-bond donors (Lipinski definition) is 1. The van der Waals surface area contributed by atoms with E-state index in [4.69, 9.17) is 33.0 Å². The number of rotatable bonds is 4. The van der Waals surface area contributed by atoms with Crippen molar-refractivity contribution in [2.24, 2.45) is 0 Å². The molecule has 1 aliphatic rings. The molecule has 1 atom stereocenters. The Morgan fingerprint density at radius 2 is 1.96 bits per heavy atom. The zero-order valence-electron chi connectivity index (χ0n) is 15.2. The van der Waals surface area contributed by atoms with Crippen molar-refractivity contribution in [1.82, 2.24) is 9.78 Å². The number of methoxy groups -OCH3 is 1. The van der Waals surface area contributed by atoms with Gasteiger partial charge < -0.3 is 9.84 Å². The van der Waals surface area contributed by atoms with E-state index in [1.54, 1.807) is 30.0 Å². The monoisotopic (exact) mass is 416 g/mol. The van der Waals surface area contributed by atoms with Crippen molar-refractivity contribution in [1.29, 1.82) is 0 Å². The molecule has 7 heteroatoms. The van der Waals surface area contributed by atoms with Gasteiger partial charge in [-0.3, -0.25) is 4.79 Å². The molecular formula is C21H18Cl2N2O3. The zero-order chi connectivity index (χ0) is 19.8. The maximum atomic E-state index is 11.8. The third kappa shape index (κ3) is 3.25. The van der Waals surface area contributed by atoms with Crippen molar-refractivity contribution in [3.63, 3.8) is 0 Å². The van der Waals surface area contributed by atoms with Crippen molar-refractivity contribution >= 4 is 29.2 Å². The molecule has 0 unspecified atom stereocenters. The fourth-order valence-corrected chi connectivity index (χ4v) is 4.22. The number of aromatic nitrogens is 2. The maximum Gasteiger partial charge on any atom is 0.312 e. The van der Waals surface area contributed by atoms with E-state index in [1.165, 1.54) is 0 Å². The molecule has 28 heavy (non-hydrogen) atoms. The molecule has 0 amide bonds. The SMILES string of the molecule is COc1ccc(-c2c3c(nn2-c2ccc(Cl)cc2Cl)[C@H](C(=O)O)CCC3)cc1. The van der Waals surface area contributed by atoms with Crippen LogP contribution in [0, 0.1) is 0 Å². The first-order valence-corrected chi connectivity index (χ1v) is 9.69. The highest BCUT2D eigenvalue weighted by Gasteiger charge is 2.33. The predicted molar refractivity (Wildman–Crippen MR) is 109 cm³/mol. The van der Waals surface area contributed by atoms with Crippen molar-refractivity contribution in [2.75, 3.05) is 7.11 Å². The Hall–Kier alpha value is -2.50. The van der Waals surface area contributed by atoms with Gasteiger partial charge in [0.2, 0.25) is 0 Å². The average Bonchev–Trinajstić information content (AvgIpc) is 3.07. The van der Waals surface area contributed by atoms with Gasteiger partial charge in [-0.2, -0.15) is 5.10 Å². The first kappa shape index (κ1) is 18.8. The minimum Gasteiger partial charge on any atom is -0.497 e. The molecular weight excluding hydrogens is 399 g/mol. The van der Waals surface area contributed by atoms with Crippen LogP contribution in [0.5, 0.6) is 5.75 Å². The summed E-state index contributed by atoms with van der Waals surface area (Å²) >= 11 is 12.5. The summed E-state index contributed by atoms with van der Waals surface area (Å²) in [6, 6.07) is 12.8. The number of halogens is 2. The van der Waals surface area contributed by atoms with Crippen LogP contribution >= 0.6 is 23.2 Å². The highest BCUT2D eigenvalue weighted by Crippen LogP contribution is 2.40. The van der Waals surface area contributed by atoms with Crippen molar-refractivity contribution < 1.29 is 14.6 Å². The highest BCUT2D eigenvalue weighted by molar-refractivity contribution is 6.35. The molecule has 4 rings (SSSR count). The number of nitrogens with zero attached hydrogens (tertiary/aromatic N) is 2. The maximum absolute atomic E-state index is 11.8. The zero-order valence-corrected chi connectivity index (χ0v) is 16.7. The van der Waals surface area contributed by atoms with E-state index >= 15 is 0 Å². The standard InChI is InChI=1S/C21H18Cl2N2O3/c1-28-14-8-5-12(6-9-14)20-15-3-2-4-16(21(26)27)19(15)24-25(20)18-10-7-13(22)11-17(18)23/h5-11,16H,2-4H2,1H3,(H,26,27)/t16-/m1/s1. The van der Waals surface area contributed by atoms with Crippen LogP contribution in [0.2, 0.25) is 10.0 Å². The van der Waals surface area contributed by atoms with Crippen LogP contribution < -0.4 is 4.74 Å². The molecule has 2 aromatic carbocycles. The highest BCUT2D eigenvalue weighted by atomic mass is 35.5. The number of ether oxygens (including phenoxy) is 1. The summed E-state index contributed by atoms with van der Waals surface area (Å²) in [6.07, 6.45) is 2.15. The number of carbonyl (C=O) groups is 1. The van der Waals surface area contributed by atoms with Gasteiger partial charge in [0.05, 0.1) is 29.2 Å². The summed E-state index contributed by atoms with van der Waals surface area (Å²) in [5.74, 6) is -0.723. The van der Waals surface area contributed by atoms with Gasteiger partial charge in [-0.05, 0) is 61.7 Å². The Bertz CT molecular complexity index is 1040. The van der Waals surface area contributed by atoms with Gasteiger partial charge >= 0.3 is 5.97 Å². The van der Waals surface area contributed by atoms with Crippen LogP contribution in [-0.2, 0) is 11.2 Å². The summed E-state index contributed by atoms with van der Waals surface area (Å²) in [4.78, 5) is 11.8. The largest absolute Gasteiger partial charge is 0.497 e. The van der Waals surface area contributed by atoms with Gasteiger partial charge in [0.15, 0.2) is 0 Å². The number of fused-ring (bicyclic) bond motifs is 1. The molecule has 5 nitrogen and oxygen atoms in total. The molecule has 1 N–H and O–H groups in total. The van der Waals surface area contributed by atoms with E-state index in [0.29, 0.717) is 27.8 Å². The fraction of sp³-hybridized carbons (Fsp3) is 0.238. The third-order valence-corrected chi connectivity index (χ3v) is 5.60. The number of carboxylic acid groups (broad SMARTS) is 1. The van der Waals surface area contributed by atoms with Gasteiger partial charge in [0, 0.05) is 16.1 Å². The molecule has 0 aliphatic heterocycles. The molecule has 1 aromatic heterocycles. The lowest BCUT2D eigenvalue weighted by atomic mass is 9.85. The second-order valence-electron chi connectivity index (χ2n) is 6.73. The summed E-state index contributed by atoms with van der Waals surface area (Å²) < 4.78 is 7.00. The Morgan fingerprint density at radius 3 is 2.61 bits per heavy atom. The number of carboxylic acids is 1. The molecule has 3 aromatic rings. The van der Waals surface area contributed by atoms with Gasteiger partial charge in [0.1, 0.15) is 11.7 Å². The first-order chi connectivity index (χ1) is 13.5. The van der Waals surface area contributed by atoms with Crippen LogP contribution in [0.1, 0.15) is 30.0 Å². The van der Waals surface area contributed by atoms with E-state index in [9.17, 15) is 9.90 Å². The third-order valence-electron chi connectivity index (χ3n) is 5.06. The van der Waals surface area contributed by atoms with Crippen molar-refractivity contribution in [3.8, 4) is 22.7 Å². The van der Waals surface area contributed by atoms with Crippen LogP contribution in [-0.4, -0.2) is 28.0 Å². The molecule has 0 spiro atoms. The van der Waals surface area contributed by atoms with Crippen LogP contribution in [0.4, 0.5) is 0 Å². The lowest BCUT2D eigenvalue weighted by molar-refractivity contribution is -0.139. The molecule has 0 bridgehead atoms. The number of hydrogen-bond acceptors (Lipinski definition) is 3. The van der Waals surface area contributed by atoms with Crippen LogP contribution in [0.15, 0.2) is 42.5 Å². The molecule has 0 saturated heterocycles. The predicted octanol–water partition coefficient (Wildman–Crippen LogP) is 5.36. The van der Waals surface area contributed by atoms with Gasteiger partial charge in [-0.1, -0.05) is 23.2 Å². The molecule has 144 valence electrons. The lowest BCUT2D eigenvalue weighted by Crippen LogP contribution is -2.17. The van der Waals surface area contributed by atoms with Gasteiger partial charge in [-0.15, -0.1) is 0 Å². The minimum atomic E-state index is -0.853. The van der Waals surface area contributed by atoms with E-state index in [-0.39, 0.29) is 0 Å². The number of aliphatic carboxylic acids is 1. The Balaban J connectivity index is 1.97. The summed E-state index contributed by atoms with van der Waals surface area (Å²) in [6.45, 7) is 0. The van der Waals surface area contributed by atoms with Gasteiger partial charge in [0.25, 0.3) is 0 Å².